The molecule has 154 valence electrons. The van der Waals surface area contributed by atoms with Gasteiger partial charge in [0.05, 0.1) is 32.5 Å². The van der Waals surface area contributed by atoms with Gasteiger partial charge in [-0.2, -0.15) is 0 Å². The molecule has 1 atom stereocenters. The first-order chi connectivity index (χ1) is 14.5. The van der Waals surface area contributed by atoms with Crippen molar-refractivity contribution < 1.29 is 23.4 Å². The van der Waals surface area contributed by atoms with Crippen molar-refractivity contribution in [3.63, 3.8) is 0 Å². The van der Waals surface area contributed by atoms with Gasteiger partial charge in [0.15, 0.2) is 17.3 Å². The van der Waals surface area contributed by atoms with E-state index in [0.717, 1.165) is 5.56 Å². The molecule has 1 unspecified atom stereocenters. The highest BCUT2D eigenvalue weighted by Gasteiger charge is 2.28. The maximum Gasteiger partial charge on any atom is 0.203 e. The zero-order valence-electron chi connectivity index (χ0n) is 17.3. The van der Waals surface area contributed by atoms with Gasteiger partial charge in [0.25, 0.3) is 0 Å². The minimum absolute atomic E-state index is 0.121. The van der Waals surface area contributed by atoms with Crippen LogP contribution in [0.15, 0.2) is 54.6 Å². The van der Waals surface area contributed by atoms with Crippen LogP contribution in [-0.4, -0.2) is 27.1 Å². The number of rotatable bonds is 5. The monoisotopic (exact) mass is 406 g/mol. The predicted octanol–water partition coefficient (Wildman–Crippen LogP) is 4.82. The molecule has 0 bridgehead atoms. The number of halogens is 1. The maximum atomic E-state index is 13.8. The van der Waals surface area contributed by atoms with Crippen molar-refractivity contribution in [1.82, 2.24) is 0 Å². The summed E-state index contributed by atoms with van der Waals surface area (Å²) in [5, 5.41) is 0. The number of Topliss-reactive ketones (excluding diaryl/α,β-unsaturated/α-hetero) is 1. The van der Waals surface area contributed by atoms with Gasteiger partial charge in [0.2, 0.25) is 5.75 Å². The molecule has 2 aromatic carbocycles. The fraction of sp³-hybridized carbons (Fsp3) is 0.240. The van der Waals surface area contributed by atoms with Crippen LogP contribution in [0.5, 0.6) is 17.2 Å². The third kappa shape index (κ3) is 4.23. The van der Waals surface area contributed by atoms with Crippen LogP contribution in [0.25, 0.3) is 5.57 Å². The van der Waals surface area contributed by atoms with Crippen LogP contribution in [0.1, 0.15) is 24.0 Å². The molecule has 0 radical (unpaired) electrons. The van der Waals surface area contributed by atoms with Crippen molar-refractivity contribution in [2.45, 2.75) is 12.8 Å². The van der Waals surface area contributed by atoms with Crippen molar-refractivity contribution in [3.8, 4) is 29.1 Å². The molecule has 0 heterocycles. The third-order valence-electron chi connectivity index (χ3n) is 5.05. The van der Waals surface area contributed by atoms with Crippen molar-refractivity contribution in [1.29, 1.82) is 0 Å². The molecule has 0 saturated heterocycles. The van der Waals surface area contributed by atoms with Crippen LogP contribution in [0, 0.1) is 23.6 Å². The predicted molar refractivity (Wildman–Crippen MR) is 114 cm³/mol. The number of allylic oxidation sites excluding steroid dienone is 3. The van der Waals surface area contributed by atoms with Crippen LogP contribution in [0.4, 0.5) is 4.39 Å². The first-order valence-corrected chi connectivity index (χ1v) is 9.50. The van der Waals surface area contributed by atoms with Crippen molar-refractivity contribution >= 4 is 11.4 Å². The number of ether oxygens (including phenoxy) is 3. The van der Waals surface area contributed by atoms with Crippen LogP contribution in [0.2, 0.25) is 0 Å². The summed E-state index contributed by atoms with van der Waals surface area (Å²) >= 11 is 0. The molecule has 1 aliphatic carbocycles. The number of methoxy groups -OCH3 is 3. The second-order valence-corrected chi connectivity index (χ2v) is 6.78. The zero-order chi connectivity index (χ0) is 21.7. The van der Waals surface area contributed by atoms with E-state index >= 15 is 0 Å². The van der Waals surface area contributed by atoms with Crippen LogP contribution in [0.3, 0.4) is 0 Å². The number of benzene rings is 2. The Hall–Kier alpha value is -3.52. The number of carbonyl (C=O) groups is 1. The molecule has 0 saturated carbocycles. The molecule has 0 aliphatic heterocycles. The Balaban J connectivity index is 1.89. The lowest BCUT2D eigenvalue weighted by Crippen LogP contribution is -2.21. The Kier molecular flexibility index (Phi) is 6.58. The van der Waals surface area contributed by atoms with E-state index in [1.165, 1.54) is 27.4 Å². The fourth-order valence-electron chi connectivity index (χ4n) is 3.42. The Morgan fingerprint density at radius 3 is 2.33 bits per heavy atom. The standard InChI is InChI=1S/C25H23FO4/c1-16(19-14-22(28-2)25(30-4)23(15-19)29-3)20-10-7-9-18(24(20)27)13-12-17-8-5-6-11-21(17)26/h5-6,8-9,11,14-15,20H,1,7,10H2,2-4H3. The Bertz CT molecular complexity index is 1050. The largest absolute Gasteiger partial charge is 0.493 e. The summed E-state index contributed by atoms with van der Waals surface area (Å²) in [5.41, 5.74) is 2.02. The zero-order valence-corrected chi connectivity index (χ0v) is 17.3. The molecule has 5 heteroatoms. The highest BCUT2D eigenvalue weighted by molar-refractivity contribution is 6.07. The molecule has 3 rings (SSSR count). The molecular weight excluding hydrogens is 383 g/mol. The van der Waals surface area contributed by atoms with E-state index in [2.05, 4.69) is 18.4 Å². The molecule has 30 heavy (non-hydrogen) atoms. The first-order valence-electron chi connectivity index (χ1n) is 9.50. The SMILES string of the molecule is C=C(c1cc(OC)c(OC)c(OC)c1)C1CCC=C(C#Cc2ccccc2F)C1=O. The molecule has 0 fully saturated rings. The smallest absolute Gasteiger partial charge is 0.203 e. The Labute approximate surface area is 176 Å². The van der Waals surface area contributed by atoms with Crippen molar-refractivity contribution in [2.75, 3.05) is 21.3 Å². The van der Waals surface area contributed by atoms with Gasteiger partial charge in [-0.3, -0.25) is 4.79 Å². The minimum atomic E-state index is -0.428. The minimum Gasteiger partial charge on any atom is -0.493 e. The van der Waals surface area contributed by atoms with Gasteiger partial charge < -0.3 is 14.2 Å². The van der Waals surface area contributed by atoms with Gasteiger partial charge in [-0.1, -0.05) is 36.6 Å². The second-order valence-electron chi connectivity index (χ2n) is 6.78. The van der Waals surface area contributed by atoms with E-state index in [9.17, 15) is 9.18 Å². The molecule has 1 aliphatic rings. The summed E-state index contributed by atoms with van der Waals surface area (Å²) in [7, 11) is 4.61. The highest BCUT2D eigenvalue weighted by atomic mass is 19.1. The number of carbonyl (C=O) groups excluding carboxylic acids is 1. The van der Waals surface area contributed by atoms with E-state index in [4.69, 9.17) is 14.2 Å². The fourth-order valence-corrected chi connectivity index (χ4v) is 3.42. The van der Waals surface area contributed by atoms with E-state index in [0.29, 0.717) is 41.2 Å². The summed E-state index contributed by atoms with van der Waals surface area (Å²) in [6, 6.07) is 9.79. The molecule has 0 N–H and O–H groups in total. The van der Waals surface area contributed by atoms with E-state index in [-0.39, 0.29) is 11.3 Å². The topological polar surface area (TPSA) is 44.8 Å². The summed E-state index contributed by atoms with van der Waals surface area (Å²) < 4.78 is 30.0. The second kappa shape index (κ2) is 9.32. The average molecular weight is 406 g/mol. The summed E-state index contributed by atoms with van der Waals surface area (Å²) in [5.74, 6) is 6.10. The van der Waals surface area contributed by atoms with Gasteiger partial charge in [-0.05, 0) is 48.2 Å². The molecule has 0 aromatic heterocycles. The van der Waals surface area contributed by atoms with E-state index in [1.807, 2.05) is 0 Å². The maximum absolute atomic E-state index is 13.8. The lowest BCUT2D eigenvalue weighted by Gasteiger charge is -2.23. The molecular formula is C25H23FO4. The molecule has 4 nitrogen and oxygen atoms in total. The average Bonchev–Trinajstić information content (AvgIpc) is 2.77. The van der Waals surface area contributed by atoms with E-state index in [1.54, 1.807) is 36.4 Å². The third-order valence-corrected chi connectivity index (χ3v) is 5.05. The van der Waals surface area contributed by atoms with Crippen LogP contribution in [-0.2, 0) is 4.79 Å². The van der Waals surface area contributed by atoms with Crippen LogP contribution < -0.4 is 14.2 Å². The number of ketones is 1. The van der Waals surface area contributed by atoms with Crippen molar-refractivity contribution in [3.05, 3.63) is 71.6 Å². The summed E-state index contributed by atoms with van der Waals surface area (Å²) in [4.78, 5) is 13.1. The lowest BCUT2D eigenvalue weighted by molar-refractivity contribution is -0.117. The summed E-state index contributed by atoms with van der Waals surface area (Å²) in [6.45, 7) is 4.16. The van der Waals surface area contributed by atoms with Crippen LogP contribution >= 0.6 is 0 Å². The van der Waals surface area contributed by atoms with Crippen molar-refractivity contribution in [2.24, 2.45) is 5.92 Å². The van der Waals surface area contributed by atoms with Gasteiger partial charge >= 0.3 is 0 Å². The molecule has 0 amide bonds. The molecule has 2 aromatic rings. The van der Waals surface area contributed by atoms with E-state index < -0.39 is 11.7 Å². The quantitative estimate of drug-likeness (QED) is 0.668. The Morgan fingerprint density at radius 1 is 1.07 bits per heavy atom. The van der Waals surface area contributed by atoms with Gasteiger partial charge in [-0.25, -0.2) is 4.39 Å². The normalized spacial score (nSPS) is 15.5. The van der Waals surface area contributed by atoms with Gasteiger partial charge in [-0.15, -0.1) is 0 Å². The van der Waals surface area contributed by atoms with Gasteiger partial charge in [0, 0.05) is 5.92 Å². The summed E-state index contributed by atoms with van der Waals surface area (Å²) in [6.07, 6.45) is 3.11. The Morgan fingerprint density at radius 2 is 1.73 bits per heavy atom. The number of hydrogen-bond acceptors (Lipinski definition) is 4. The highest BCUT2D eigenvalue weighted by Crippen LogP contribution is 2.42. The molecule has 0 spiro atoms. The van der Waals surface area contributed by atoms with Gasteiger partial charge in [0.1, 0.15) is 5.82 Å². The lowest BCUT2D eigenvalue weighted by atomic mass is 9.80. The number of hydrogen-bond donors (Lipinski definition) is 0. The first kappa shape index (κ1) is 21.2.